The van der Waals surface area contributed by atoms with Gasteiger partial charge in [0.25, 0.3) is 0 Å². The first-order chi connectivity index (χ1) is 9.11. The van der Waals surface area contributed by atoms with Crippen LogP contribution in [0.2, 0.25) is 5.02 Å². The van der Waals surface area contributed by atoms with E-state index in [-0.39, 0.29) is 5.92 Å². The number of rotatable bonds is 5. The Morgan fingerprint density at radius 2 is 2.26 bits per heavy atom. The van der Waals surface area contributed by atoms with Crippen molar-refractivity contribution in [2.45, 2.75) is 19.8 Å². The van der Waals surface area contributed by atoms with Crippen LogP contribution < -0.4 is 5.32 Å². The monoisotopic (exact) mass is 343 g/mol. The standard InChI is InChI=1S/C13H15BrClN3O/c1-3-16-7-8(2)13-17-12(18-19-13)9-4-5-11(15)10(14)6-9/h4-6,8,16H,3,7H2,1-2H3. The fourth-order valence-corrected chi connectivity index (χ4v) is 2.13. The normalized spacial score (nSPS) is 12.6. The van der Waals surface area contributed by atoms with Crippen LogP contribution in [0.5, 0.6) is 0 Å². The maximum absolute atomic E-state index is 5.96. The van der Waals surface area contributed by atoms with Crippen molar-refractivity contribution in [3.63, 3.8) is 0 Å². The minimum absolute atomic E-state index is 0.192. The summed E-state index contributed by atoms with van der Waals surface area (Å²) < 4.78 is 6.12. The lowest BCUT2D eigenvalue weighted by Gasteiger charge is -2.05. The topological polar surface area (TPSA) is 51.0 Å². The van der Waals surface area contributed by atoms with Crippen LogP contribution in [0.1, 0.15) is 25.7 Å². The molecule has 19 heavy (non-hydrogen) atoms. The lowest BCUT2D eigenvalue weighted by Crippen LogP contribution is -2.19. The SMILES string of the molecule is CCNCC(C)c1nc(-c2ccc(Cl)c(Br)c2)no1. The summed E-state index contributed by atoms with van der Waals surface area (Å²) in [6.45, 7) is 5.87. The summed E-state index contributed by atoms with van der Waals surface area (Å²) in [6, 6.07) is 5.56. The van der Waals surface area contributed by atoms with Gasteiger partial charge in [0, 0.05) is 22.5 Å². The highest BCUT2D eigenvalue weighted by atomic mass is 79.9. The molecule has 1 aromatic carbocycles. The zero-order valence-electron chi connectivity index (χ0n) is 10.8. The first kappa shape index (κ1) is 14.5. The van der Waals surface area contributed by atoms with Crippen molar-refractivity contribution in [2.75, 3.05) is 13.1 Å². The lowest BCUT2D eigenvalue weighted by molar-refractivity contribution is 0.355. The van der Waals surface area contributed by atoms with E-state index in [4.69, 9.17) is 16.1 Å². The van der Waals surface area contributed by atoms with Gasteiger partial charge in [-0.3, -0.25) is 0 Å². The molecule has 0 bridgehead atoms. The summed E-state index contributed by atoms with van der Waals surface area (Å²) in [5.74, 6) is 1.41. The number of aromatic nitrogens is 2. The Kier molecular flexibility index (Phi) is 4.96. The highest BCUT2D eigenvalue weighted by Crippen LogP contribution is 2.28. The van der Waals surface area contributed by atoms with Crippen LogP contribution in [0.25, 0.3) is 11.4 Å². The Morgan fingerprint density at radius 1 is 1.47 bits per heavy atom. The molecule has 1 N–H and O–H groups in total. The summed E-state index contributed by atoms with van der Waals surface area (Å²) in [7, 11) is 0. The molecule has 2 rings (SSSR count). The Labute approximate surface area is 125 Å². The highest BCUT2D eigenvalue weighted by molar-refractivity contribution is 9.10. The second-order valence-corrected chi connectivity index (χ2v) is 5.56. The molecule has 0 fully saturated rings. The summed E-state index contributed by atoms with van der Waals surface area (Å²) >= 11 is 9.35. The second-order valence-electron chi connectivity index (χ2n) is 4.29. The Hall–Kier alpha value is -0.910. The fourth-order valence-electron chi connectivity index (χ4n) is 1.64. The molecule has 1 aromatic heterocycles. The molecule has 0 aliphatic rings. The van der Waals surface area contributed by atoms with Crippen LogP contribution >= 0.6 is 27.5 Å². The van der Waals surface area contributed by atoms with E-state index in [1.807, 2.05) is 12.1 Å². The third kappa shape index (κ3) is 3.55. The number of halogens is 2. The van der Waals surface area contributed by atoms with Gasteiger partial charge in [-0.25, -0.2) is 0 Å². The third-order valence-electron chi connectivity index (χ3n) is 2.74. The summed E-state index contributed by atoms with van der Waals surface area (Å²) in [5.41, 5.74) is 0.877. The van der Waals surface area contributed by atoms with Gasteiger partial charge in [-0.1, -0.05) is 30.6 Å². The quantitative estimate of drug-likeness (QED) is 0.894. The van der Waals surface area contributed by atoms with Crippen molar-refractivity contribution < 1.29 is 4.52 Å². The zero-order valence-corrected chi connectivity index (χ0v) is 13.1. The summed E-state index contributed by atoms with van der Waals surface area (Å²) in [4.78, 5) is 4.42. The molecule has 0 saturated carbocycles. The van der Waals surface area contributed by atoms with E-state index < -0.39 is 0 Å². The Balaban J connectivity index is 2.18. The molecule has 0 saturated heterocycles. The van der Waals surface area contributed by atoms with Crippen LogP contribution in [0, 0.1) is 0 Å². The number of benzene rings is 1. The van der Waals surface area contributed by atoms with E-state index in [1.54, 1.807) is 6.07 Å². The van der Waals surface area contributed by atoms with Gasteiger partial charge < -0.3 is 9.84 Å². The van der Waals surface area contributed by atoms with E-state index in [0.717, 1.165) is 23.1 Å². The van der Waals surface area contributed by atoms with Gasteiger partial charge in [0.05, 0.1) is 5.02 Å². The summed E-state index contributed by atoms with van der Waals surface area (Å²) in [5, 5.41) is 7.93. The zero-order chi connectivity index (χ0) is 13.8. The number of hydrogen-bond acceptors (Lipinski definition) is 4. The molecule has 1 heterocycles. The van der Waals surface area contributed by atoms with E-state index in [1.165, 1.54) is 0 Å². The van der Waals surface area contributed by atoms with E-state index >= 15 is 0 Å². The first-order valence-electron chi connectivity index (χ1n) is 6.11. The van der Waals surface area contributed by atoms with Crippen molar-refractivity contribution in [3.8, 4) is 11.4 Å². The predicted octanol–water partition coefficient (Wildman–Crippen LogP) is 3.87. The van der Waals surface area contributed by atoms with Gasteiger partial charge in [0.2, 0.25) is 11.7 Å². The van der Waals surface area contributed by atoms with Crippen molar-refractivity contribution in [2.24, 2.45) is 0 Å². The lowest BCUT2D eigenvalue weighted by atomic mass is 10.2. The predicted molar refractivity (Wildman–Crippen MR) is 79.4 cm³/mol. The van der Waals surface area contributed by atoms with Gasteiger partial charge in [-0.2, -0.15) is 4.98 Å². The first-order valence-corrected chi connectivity index (χ1v) is 7.28. The number of nitrogens with zero attached hydrogens (tertiary/aromatic N) is 2. The molecule has 2 aromatic rings. The second kappa shape index (κ2) is 6.50. The molecular formula is C13H15BrClN3O. The van der Waals surface area contributed by atoms with Crippen LogP contribution in [0.3, 0.4) is 0 Å². The van der Waals surface area contributed by atoms with Gasteiger partial charge in [-0.15, -0.1) is 0 Å². The van der Waals surface area contributed by atoms with Crippen LogP contribution in [0.4, 0.5) is 0 Å². The fraction of sp³-hybridized carbons (Fsp3) is 0.385. The summed E-state index contributed by atoms with van der Waals surface area (Å²) in [6.07, 6.45) is 0. The highest BCUT2D eigenvalue weighted by Gasteiger charge is 2.15. The number of nitrogens with one attached hydrogen (secondary N) is 1. The van der Waals surface area contributed by atoms with Gasteiger partial charge in [0.15, 0.2) is 0 Å². The van der Waals surface area contributed by atoms with Gasteiger partial charge in [-0.05, 0) is 40.7 Å². The van der Waals surface area contributed by atoms with E-state index in [0.29, 0.717) is 16.7 Å². The molecule has 4 nitrogen and oxygen atoms in total. The van der Waals surface area contributed by atoms with Crippen molar-refractivity contribution in [1.29, 1.82) is 0 Å². The Bertz CT molecular complexity index is 559. The maximum atomic E-state index is 5.96. The van der Waals surface area contributed by atoms with Gasteiger partial charge >= 0.3 is 0 Å². The largest absolute Gasteiger partial charge is 0.339 e. The molecular weight excluding hydrogens is 330 g/mol. The van der Waals surface area contributed by atoms with Crippen molar-refractivity contribution in [1.82, 2.24) is 15.5 Å². The van der Waals surface area contributed by atoms with Crippen molar-refractivity contribution in [3.05, 3.63) is 33.6 Å². The molecule has 0 aliphatic heterocycles. The number of likely N-dealkylation sites (N-methyl/N-ethyl adjacent to an activating group) is 1. The minimum Gasteiger partial charge on any atom is -0.339 e. The minimum atomic E-state index is 0.192. The Morgan fingerprint density at radius 3 is 2.95 bits per heavy atom. The molecule has 1 atom stereocenters. The number of hydrogen-bond donors (Lipinski definition) is 1. The molecule has 102 valence electrons. The van der Waals surface area contributed by atoms with Gasteiger partial charge in [0.1, 0.15) is 0 Å². The molecule has 1 unspecified atom stereocenters. The average Bonchev–Trinajstić information content (AvgIpc) is 2.89. The van der Waals surface area contributed by atoms with E-state index in [2.05, 4.69) is 45.2 Å². The van der Waals surface area contributed by atoms with Crippen molar-refractivity contribution >= 4 is 27.5 Å². The molecule has 0 amide bonds. The average molecular weight is 345 g/mol. The maximum Gasteiger partial charge on any atom is 0.231 e. The molecule has 0 spiro atoms. The van der Waals surface area contributed by atoms with E-state index in [9.17, 15) is 0 Å². The molecule has 6 heteroatoms. The third-order valence-corrected chi connectivity index (χ3v) is 3.96. The molecule has 0 aliphatic carbocycles. The molecule has 0 radical (unpaired) electrons. The van der Waals surface area contributed by atoms with Crippen LogP contribution in [0.15, 0.2) is 27.2 Å². The van der Waals surface area contributed by atoms with Crippen LogP contribution in [-0.4, -0.2) is 23.2 Å². The van der Waals surface area contributed by atoms with Crippen LogP contribution in [-0.2, 0) is 0 Å². The smallest absolute Gasteiger partial charge is 0.231 e.